The number of allylic oxidation sites excluding steroid dienone is 2. The summed E-state index contributed by atoms with van der Waals surface area (Å²) < 4.78 is 10.1. The van der Waals surface area contributed by atoms with Crippen LogP contribution in [0, 0.1) is 0 Å². The van der Waals surface area contributed by atoms with E-state index in [1.165, 1.54) is 19.4 Å². The number of methoxy groups -OCH3 is 2. The lowest BCUT2D eigenvalue weighted by Gasteiger charge is -2.33. The van der Waals surface area contributed by atoms with Gasteiger partial charge in [-0.25, -0.2) is 9.59 Å². The third-order valence-corrected chi connectivity index (χ3v) is 6.72. The molecule has 0 unspecified atom stereocenters. The number of rotatable bonds is 4. The number of hydrogen-bond donors (Lipinski definition) is 1. The normalized spacial score (nSPS) is 15.7. The van der Waals surface area contributed by atoms with Crippen LogP contribution in [-0.2, 0) is 19.1 Å². The van der Waals surface area contributed by atoms with Crippen LogP contribution in [0.2, 0.25) is 19.6 Å². The van der Waals surface area contributed by atoms with Gasteiger partial charge in [-0.15, -0.1) is 0 Å². The summed E-state index contributed by atoms with van der Waals surface area (Å²) in [5.74, 6) is -1.40. The highest BCUT2D eigenvalue weighted by Gasteiger charge is 2.39. The van der Waals surface area contributed by atoms with E-state index in [0.717, 1.165) is 5.56 Å². The molecule has 140 valence electrons. The van der Waals surface area contributed by atoms with Crippen molar-refractivity contribution in [3.8, 4) is 0 Å². The van der Waals surface area contributed by atoms with Gasteiger partial charge in [0.1, 0.15) is 0 Å². The number of ether oxygens (including phenoxy) is 2. The second-order valence-electron chi connectivity index (χ2n) is 7.46. The number of carbonyl (C=O) groups excluding carboxylic acids is 2. The number of nitrogens with one attached hydrogen (secondary N) is 1. The maximum Gasteiger partial charge on any atom is 0.336 e. The lowest BCUT2D eigenvalue weighted by molar-refractivity contribution is -0.137. The van der Waals surface area contributed by atoms with E-state index in [1.54, 1.807) is 0 Å². The second kappa shape index (κ2) is 7.49. The van der Waals surface area contributed by atoms with Crippen molar-refractivity contribution in [2.45, 2.75) is 39.4 Å². The number of benzene rings is 1. The minimum absolute atomic E-state index is 0.445. The van der Waals surface area contributed by atoms with Crippen LogP contribution < -0.4 is 10.5 Å². The highest BCUT2D eigenvalue weighted by molar-refractivity contribution is 6.89. The molecule has 1 aliphatic rings. The van der Waals surface area contributed by atoms with E-state index < -0.39 is 25.9 Å². The molecular weight excluding hydrogens is 346 g/mol. The molecule has 2 rings (SSSR count). The highest BCUT2D eigenvalue weighted by Crippen LogP contribution is 2.39. The molecule has 1 heterocycles. The van der Waals surface area contributed by atoms with E-state index >= 15 is 0 Å². The standard InChI is InChI=1S/C20H27NO4Si/c1-12-16(19(22)24-3)18(17(13(2)21-12)20(23)25-4)14-10-8-9-11-15(14)26(5,6)7/h8-11,18,21H,1-7H3. The van der Waals surface area contributed by atoms with Crippen molar-refractivity contribution in [1.82, 2.24) is 5.32 Å². The van der Waals surface area contributed by atoms with E-state index in [0.29, 0.717) is 22.5 Å². The average Bonchev–Trinajstić information content (AvgIpc) is 2.59. The quantitative estimate of drug-likeness (QED) is 0.649. The lowest BCUT2D eigenvalue weighted by Crippen LogP contribution is -2.43. The fraction of sp³-hybridized carbons (Fsp3) is 0.400. The van der Waals surface area contributed by atoms with Crippen molar-refractivity contribution in [3.63, 3.8) is 0 Å². The molecular formula is C20H27NO4Si. The zero-order valence-electron chi connectivity index (χ0n) is 16.5. The largest absolute Gasteiger partial charge is 0.466 e. The Bertz CT molecular complexity index is 764. The third kappa shape index (κ3) is 3.60. The molecule has 0 aliphatic carbocycles. The van der Waals surface area contributed by atoms with Crippen LogP contribution in [0.5, 0.6) is 0 Å². The fourth-order valence-electron chi connectivity index (χ4n) is 3.50. The Morgan fingerprint density at radius 2 is 1.38 bits per heavy atom. The van der Waals surface area contributed by atoms with E-state index in [9.17, 15) is 9.59 Å². The molecule has 1 N–H and O–H groups in total. The summed E-state index contributed by atoms with van der Waals surface area (Å²) in [5, 5.41) is 4.34. The molecule has 0 fully saturated rings. The van der Waals surface area contributed by atoms with Gasteiger partial charge < -0.3 is 14.8 Å². The minimum atomic E-state index is -1.72. The first-order chi connectivity index (χ1) is 12.1. The maximum atomic E-state index is 12.6. The molecule has 0 aromatic heterocycles. The predicted molar refractivity (Wildman–Crippen MR) is 105 cm³/mol. The Balaban J connectivity index is 2.83. The summed E-state index contributed by atoms with van der Waals surface area (Å²) in [4.78, 5) is 25.2. The molecule has 0 radical (unpaired) electrons. The number of dihydropyridines is 1. The Labute approximate surface area is 156 Å². The van der Waals surface area contributed by atoms with E-state index in [-0.39, 0.29) is 0 Å². The van der Waals surface area contributed by atoms with Gasteiger partial charge in [0.2, 0.25) is 0 Å². The van der Waals surface area contributed by atoms with Crippen LogP contribution in [-0.4, -0.2) is 34.2 Å². The van der Waals surface area contributed by atoms with Crippen LogP contribution in [0.1, 0.15) is 25.3 Å². The molecule has 0 saturated carbocycles. The number of esters is 2. The van der Waals surface area contributed by atoms with Crippen LogP contribution >= 0.6 is 0 Å². The first-order valence-corrected chi connectivity index (χ1v) is 12.1. The Hall–Kier alpha value is -2.34. The molecule has 0 bridgehead atoms. The Morgan fingerprint density at radius 1 is 0.923 bits per heavy atom. The van der Waals surface area contributed by atoms with Gasteiger partial charge >= 0.3 is 11.9 Å². The van der Waals surface area contributed by atoms with Crippen LogP contribution in [0.3, 0.4) is 0 Å². The van der Waals surface area contributed by atoms with E-state index in [2.05, 4.69) is 31.0 Å². The molecule has 0 spiro atoms. The maximum absolute atomic E-state index is 12.6. The van der Waals surface area contributed by atoms with Crippen LogP contribution in [0.4, 0.5) is 0 Å². The summed E-state index contributed by atoms with van der Waals surface area (Å²) in [5.41, 5.74) is 3.25. The average molecular weight is 374 g/mol. The van der Waals surface area contributed by atoms with E-state index in [1.807, 2.05) is 32.0 Å². The molecule has 6 heteroatoms. The van der Waals surface area contributed by atoms with Gasteiger partial charge in [-0.2, -0.15) is 0 Å². The summed E-state index contributed by atoms with van der Waals surface area (Å²) in [7, 11) is 0.984. The first-order valence-electron chi connectivity index (χ1n) is 8.58. The zero-order valence-corrected chi connectivity index (χ0v) is 17.5. The molecule has 0 saturated heterocycles. The summed E-state index contributed by atoms with van der Waals surface area (Å²) in [6.45, 7) is 10.4. The SMILES string of the molecule is COC(=O)C1=C(C)NC(C)=C(C(=O)OC)C1c1ccccc1[Si](C)(C)C. The van der Waals surface area contributed by atoms with Crippen molar-refractivity contribution in [2.24, 2.45) is 0 Å². The van der Waals surface area contributed by atoms with Gasteiger partial charge in [0.25, 0.3) is 0 Å². The van der Waals surface area contributed by atoms with Crippen molar-refractivity contribution < 1.29 is 19.1 Å². The van der Waals surface area contributed by atoms with Gasteiger partial charge in [0.05, 0.1) is 39.4 Å². The van der Waals surface area contributed by atoms with Crippen molar-refractivity contribution >= 4 is 25.2 Å². The first kappa shape index (κ1) is 20.0. The third-order valence-electron chi connectivity index (χ3n) is 4.65. The summed E-state index contributed by atoms with van der Waals surface area (Å²) in [6.07, 6.45) is 0. The van der Waals surface area contributed by atoms with E-state index in [4.69, 9.17) is 9.47 Å². The Kier molecular flexibility index (Phi) is 5.76. The Morgan fingerprint density at radius 3 is 1.81 bits per heavy atom. The van der Waals surface area contributed by atoms with Crippen LogP contribution in [0.15, 0.2) is 46.8 Å². The number of carbonyl (C=O) groups is 2. The van der Waals surface area contributed by atoms with Crippen molar-refractivity contribution in [1.29, 1.82) is 0 Å². The predicted octanol–water partition coefficient (Wildman–Crippen LogP) is 2.81. The molecule has 1 aromatic rings. The van der Waals surface area contributed by atoms with Gasteiger partial charge in [-0.3, -0.25) is 0 Å². The minimum Gasteiger partial charge on any atom is -0.466 e. The molecule has 0 atom stereocenters. The zero-order chi connectivity index (χ0) is 19.6. The highest BCUT2D eigenvalue weighted by atomic mass is 28.3. The van der Waals surface area contributed by atoms with Crippen molar-refractivity contribution in [3.05, 3.63) is 52.4 Å². The van der Waals surface area contributed by atoms with Crippen molar-refractivity contribution in [2.75, 3.05) is 14.2 Å². The molecule has 5 nitrogen and oxygen atoms in total. The van der Waals surface area contributed by atoms with Gasteiger partial charge in [0, 0.05) is 11.4 Å². The topological polar surface area (TPSA) is 64.6 Å². The smallest absolute Gasteiger partial charge is 0.336 e. The number of hydrogen-bond acceptors (Lipinski definition) is 5. The molecule has 26 heavy (non-hydrogen) atoms. The molecule has 1 aromatic carbocycles. The summed E-state index contributed by atoms with van der Waals surface area (Å²) >= 11 is 0. The molecule has 0 amide bonds. The second-order valence-corrected chi connectivity index (χ2v) is 12.5. The monoisotopic (exact) mass is 373 g/mol. The van der Waals surface area contributed by atoms with Gasteiger partial charge in [-0.05, 0) is 19.4 Å². The molecule has 1 aliphatic heterocycles. The fourth-order valence-corrected chi connectivity index (χ4v) is 5.19. The van der Waals surface area contributed by atoms with Gasteiger partial charge in [0.15, 0.2) is 0 Å². The summed E-state index contributed by atoms with van der Waals surface area (Å²) in [6, 6.07) is 8.03. The lowest BCUT2D eigenvalue weighted by atomic mass is 9.80. The van der Waals surface area contributed by atoms with Crippen LogP contribution in [0.25, 0.3) is 0 Å². The van der Waals surface area contributed by atoms with Gasteiger partial charge in [-0.1, -0.05) is 49.1 Å².